The molecule has 0 aromatic heterocycles. The van der Waals surface area contributed by atoms with Crippen LogP contribution in [0.2, 0.25) is 0 Å². The van der Waals surface area contributed by atoms with Gasteiger partial charge >= 0.3 is 0 Å². The second-order valence-corrected chi connectivity index (χ2v) is 4.65. The second-order valence-electron chi connectivity index (χ2n) is 4.65. The summed E-state index contributed by atoms with van der Waals surface area (Å²) < 4.78 is 12.8. The maximum absolute atomic E-state index is 12.8. The van der Waals surface area contributed by atoms with Gasteiger partial charge in [0.05, 0.1) is 0 Å². The van der Waals surface area contributed by atoms with Crippen LogP contribution in [0, 0.1) is 12.7 Å². The minimum absolute atomic E-state index is 0.111. The molecule has 0 heterocycles. The van der Waals surface area contributed by atoms with Gasteiger partial charge in [-0.15, -0.1) is 0 Å². The van der Waals surface area contributed by atoms with Crippen molar-refractivity contribution in [1.29, 1.82) is 0 Å². The van der Waals surface area contributed by atoms with Crippen molar-refractivity contribution in [3.8, 4) is 0 Å². The molecular weight excluding hydrogens is 241 g/mol. The number of amides is 1. The van der Waals surface area contributed by atoms with E-state index in [4.69, 9.17) is 0 Å². The van der Waals surface area contributed by atoms with Gasteiger partial charge in [-0.3, -0.25) is 4.79 Å². The fourth-order valence-electron chi connectivity index (χ4n) is 1.85. The van der Waals surface area contributed by atoms with Crippen molar-refractivity contribution in [3.63, 3.8) is 0 Å². The summed E-state index contributed by atoms with van der Waals surface area (Å²) in [6.07, 6.45) is 0. The Morgan fingerprint density at radius 3 is 2.21 bits per heavy atom. The van der Waals surface area contributed by atoms with E-state index in [0.717, 1.165) is 5.56 Å². The number of benzene rings is 2. The van der Waals surface area contributed by atoms with E-state index in [1.165, 1.54) is 29.8 Å². The lowest BCUT2D eigenvalue weighted by atomic mass is 10.1. The number of carbonyl (C=O) groups excluding carboxylic acids is 1. The summed E-state index contributed by atoms with van der Waals surface area (Å²) in [6.45, 7) is 2.56. The van der Waals surface area contributed by atoms with Crippen LogP contribution in [-0.2, 0) is 6.54 Å². The third-order valence-electron chi connectivity index (χ3n) is 2.98. The third-order valence-corrected chi connectivity index (χ3v) is 2.98. The fraction of sp³-hybridized carbons (Fsp3) is 0.188. The molecule has 0 unspecified atom stereocenters. The van der Waals surface area contributed by atoms with E-state index >= 15 is 0 Å². The number of carbonyl (C=O) groups is 1. The van der Waals surface area contributed by atoms with Crippen LogP contribution in [0.1, 0.15) is 21.5 Å². The van der Waals surface area contributed by atoms with E-state index in [9.17, 15) is 9.18 Å². The SMILES string of the molecule is Cc1ccc(CN(C)C(=O)c2ccc(F)cc2)cc1. The number of hydrogen-bond acceptors (Lipinski definition) is 1. The molecule has 0 radical (unpaired) electrons. The number of hydrogen-bond donors (Lipinski definition) is 0. The minimum Gasteiger partial charge on any atom is -0.337 e. The zero-order valence-electron chi connectivity index (χ0n) is 11.1. The Morgan fingerprint density at radius 2 is 1.63 bits per heavy atom. The summed E-state index contributed by atoms with van der Waals surface area (Å²) in [7, 11) is 1.74. The van der Waals surface area contributed by atoms with Crippen LogP contribution in [0.3, 0.4) is 0 Å². The van der Waals surface area contributed by atoms with Crippen molar-refractivity contribution in [2.24, 2.45) is 0 Å². The highest BCUT2D eigenvalue weighted by Crippen LogP contribution is 2.10. The van der Waals surface area contributed by atoms with Gasteiger partial charge in [0.25, 0.3) is 5.91 Å². The van der Waals surface area contributed by atoms with Gasteiger partial charge < -0.3 is 4.90 Å². The monoisotopic (exact) mass is 257 g/mol. The first kappa shape index (κ1) is 13.3. The predicted molar refractivity (Wildman–Crippen MR) is 73.4 cm³/mol. The lowest BCUT2D eigenvalue weighted by Crippen LogP contribution is -2.26. The second kappa shape index (κ2) is 5.65. The zero-order chi connectivity index (χ0) is 13.8. The molecule has 0 spiro atoms. The Kier molecular flexibility index (Phi) is 3.95. The van der Waals surface area contributed by atoms with Crippen molar-refractivity contribution < 1.29 is 9.18 Å². The summed E-state index contributed by atoms with van der Waals surface area (Å²) in [5.74, 6) is -0.446. The molecule has 0 aliphatic rings. The normalized spacial score (nSPS) is 10.3. The molecule has 2 rings (SSSR count). The van der Waals surface area contributed by atoms with Gasteiger partial charge in [0.1, 0.15) is 5.82 Å². The highest BCUT2D eigenvalue weighted by molar-refractivity contribution is 5.93. The van der Waals surface area contributed by atoms with Crippen molar-refractivity contribution >= 4 is 5.91 Å². The van der Waals surface area contributed by atoms with Gasteiger partial charge in [-0.1, -0.05) is 29.8 Å². The first-order valence-electron chi connectivity index (χ1n) is 6.13. The summed E-state index contributed by atoms with van der Waals surface area (Å²) >= 11 is 0. The number of halogens is 1. The molecule has 0 saturated carbocycles. The predicted octanol–water partition coefficient (Wildman–Crippen LogP) is 3.41. The molecule has 0 N–H and O–H groups in total. The smallest absolute Gasteiger partial charge is 0.253 e. The van der Waals surface area contributed by atoms with E-state index in [-0.39, 0.29) is 11.7 Å². The van der Waals surface area contributed by atoms with Crippen LogP contribution < -0.4 is 0 Å². The van der Waals surface area contributed by atoms with Gasteiger partial charge in [-0.2, -0.15) is 0 Å². The largest absolute Gasteiger partial charge is 0.337 e. The molecule has 0 aliphatic carbocycles. The Hall–Kier alpha value is -2.16. The molecule has 2 nitrogen and oxygen atoms in total. The molecule has 2 aromatic carbocycles. The van der Waals surface area contributed by atoms with Crippen LogP contribution in [-0.4, -0.2) is 17.9 Å². The van der Waals surface area contributed by atoms with E-state index in [2.05, 4.69) is 0 Å². The zero-order valence-corrected chi connectivity index (χ0v) is 11.1. The van der Waals surface area contributed by atoms with Crippen molar-refractivity contribution in [1.82, 2.24) is 4.90 Å². The maximum atomic E-state index is 12.8. The Balaban J connectivity index is 2.07. The summed E-state index contributed by atoms with van der Waals surface area (Å²) in [5, 5.41) is 0. The Morgan fingerprint density at radius 1 is 1.05 bits per heavy atom. The van der Waals surface area contributed by atoms with Gasteiger partial charge in [-0.25, -0.2) is 4.39 Å². The molecule has 98 valence electrons. The van der Waals surface area contributed by atoms with Crippen LogP contribution >= 0.6 is 0 Å². The fourth-order valence-corrected chi connectivity index (χ4v) is 1.85. The number of rotatable bonds is 3. The number of nitrogens with zero attached hydrogens (tertiary/aromatic N) is 1. The molecular formula is C16H16FNO. The molecule has 0 atom stereocenters. The van der Waals surface area contributed by atoms with Gasteiger partial charge in [0.2, 0.25) is 0 Å². The van der Waals surface area contributed by atoms with E-state index < -0.39 is 0 Å². The van der Waals surface area contributed by atoms with Crippen molar-refractivity contribution in [3.05, 3.63) is 71.0 Å². The summed E-state index contributed by atoms with van der Waals surface area (Å²) in [4.78, 5) is 13.8. The topological polar surface area (TPSA) is 20.3 Å². The van der Waals surface area contributed by atoms with Crippen LogP contribution in [0.15, 0.2) is 48.5 Å². The van der Waals surface area contributed by atoms with E-state index in [1.807, 2.05) is 31.2 Å². The lowest BCUT2D eigenvalue weighted by Gasteiger charge is -2.17. The van der Waals surface area contributed by atoms with E-state index in [1.54, 1.807) is 11.9 Å². The quantitative estimate of drug-likeness (QED) is 0.825. The first-order valence-corrected chi connectivity index (χ1v) is 6.13. The molecule has 0 bridgehead atoms. The average Bonchev–Trinajstić information content (AvgIpc) is 2.41. The van der Waals surface area contributed by atoms with Crippen molar-refractivity contribution in [2.45, 2.75) is 13.5 Å². The minimum atomic E-state index is -0.335. The molecule has 3 heteroatoms. The first-order chi connectivity index (χ1) is 9.06. The van der Waals surface area contributed by atoms with Gasteiger partial charge in [0.15, 0.2) is 0 Å². The number of aryl methyl sites for hydroxylation is 1. The Bertz CT molecular complexity index is 560. The standard InChI is InChI=1S/C16H16FNO/c1-12-3-5-13(6-4-12)11-18(2)16(19)14-7-9-15(17)10-8-14/h3-10H,11H2,1-2H3. The Labute approximate surface area is 112 Å². The molecule has 0 fully saturated rings. The molecule has 0 aliphatic heterocycles. The van der Waals surface area contributed by atoms with E-state index in [0.29, 0.717) is 12.1 Å². The van der Waals surface area contributed by atoms with Crippen LogP contribution in [0.5, 0.6) is 0 Å². The molecule has 1 amide bonds. The van der Waals surface area contributed by atoms with Gasteiger partial charge in [0, 0.05) is 19.2 Å². The lowest BCUT2D eigenvalue weighted by molar-refractivity contribution is 0.0785. The highest BCUT2D eigenvalue weighted by atomic mass is 19.1. The summed E-state index contributed by atoms with van der Waals surface area (Å²) in [5.41, 5.74) is 2.76. The maximum Gasteiger partial charge on any atom is 0.253 e. The average molecular weight is 257 g/mol. The molecule has 19 heavy (non-hydrogen) atoms. The van der Waals surface area contributed by atoms with Crippen molar-refractivity contribution in [2.75, 3.05) is 7.05 Å². The van der Waals surface area contributed by atoms with Crippen LogP contribution in [0.25, 0.3) is 0 Å². The van der Waals surface area contributed by atoms with Gasteiger partial charge in [-0.05, 0) is 36.8 Å². The molecule has 2 aromatic rings. The highest BCUT2D eigenvalue weighted by Gasteiger charge is 2.11. The molecule has 0 saturated heterocycles. The third kappa shape index (κ3) is 3.41. The summed E-state index contributed by atoms with van der Waals surface area (Å²) in [6, 6.07) is 13.6. The van der Waals surface area contributed by atoms with Crippen LogP contribution in [0.4, 0.5) is 4.39 Å².